The van der Waals surface area contributed by atoms with E-state index in [9.17, 15) is 13.2 Å². The van der Waals surface area contributed by atoms with Crippen molar-refractivity contribution < 1.29 is 13.2 Å². The number of halogens is 3. The van der Waals surface area contributed by atoms with E-state index >= 15 is 0 Å². The molecule has 0 fully saturated rings. The number of anilines is 2. The Morgan fingerprint density at radius 1 is 1.42 bits per heavy atom. The number of hydrogen-bond donors (Lipinski definition) is 1. The van der Waals surface area contributed by atoms with E-state index in [2.05, 4.69) is 0 Å². The summed E-state index contributed by atoms with van der Waals surface area (Å²) in [6.07, 6.45) is -4.46. The molecule has 2 N–H and O–H groups in total. The molecule has 0 amide bonds. The van der Waals surface area contributed by atoms with Crippen molar-refractivity contribution in [2.45, 2.75) is 20.0 Å². The van der Waals surface area contributed by atoms with E-state index in [4.69, 9.17) is 11.0 Å². The molecule has 0 spiro atoms. The van der Waals surface area contributed by atoms with Crippen LogP contribution in [0.4, 0.5) is 24.5 Å². The van der Waals surface area contributed by atoms with Crippen LogP contribution in [0.25, 0.3) is 0 Å². The lowest BCUT2D eigenvalue weighted by Crippen LogP contribution is -2.30. The first-order valence-corrected chi connectivity index (χ1v) is 5.90. The van der Waals surface area contributed by atoms with Crippen LogP contribution in [-0.2, 0) is 6.18 Å². The van der Waals surface area contributed by atoms with Gasteiger partial charge in [-0.15, -0.1) is 0 Å². The van der Waals surface area contributed by atoms with E-state index in [0.717, 1.165) is 6.07 Å². The van der Waals surface area contributed by atoms with Crippen LogP contribution < -0.4 is 10.6 Å². The first-order chi connectivity index (χ1) is 8.79. The smallest absolute Gasteiger partial charge is 0.399 e. The van der Waals surface area contributed by atoms with E-state index in [1.165, 1.54) is 17.0 Å². The lowest BCUT2D eigenvalue weighted by Gasteiger charge is -2.27. The SMILES string of the molecule is CCN(CC(C)C#N)c1ccc(N)cc1C(F)(F)F. The van der Waals surface area contributed by atoms with Crippen LogP contribution in [0.2, 0.25) is 0 Å². The highest BCUT2D eigenvalue weighted by Crippen LogP contribution is 2.38. The number of nitrogen functional groups attached to an aromatic ring is 1. The van der Waals surface area contributed by atoms with Crippen molar-refractivity contribution in [1.82, 2.24) is 0 Å². The molecule has 1 aromatic carbocycles. The second-order valence-electron chi connectivity index (χ2n) is 4.34. The number of nitriles is 1. The third kappa shape index (κ3) is 3.78. The molecule has 0 saturated carbocycles. The minimum Gasteiger partial charge on any atom is -0.399 e. The summed E-state index contributed by atoms with van der Waals surface area (Å²) in [5, 5.41) is 8.78. The van der Waals surface area contributed by atoms with Crippen LogP contribution in [0, 0.1) is 17.2 Å². The fourth-order valence-corrected chi connectivity index (χ4v) is 1.83. The van der Waals surface area contributed by atoms with Gasteiger partial charge in [-0.3, -0.25) is 0 Å². The summed E-state index contributed by atoms with van der Waals surface area (Å²) in [5.41, 5.74) is 4.79. The molecule has 104 valence electrons. The zero-order chi connectivity index (χ0) is 14.6. The van der Waals surface area contributed by atoms with E-state index in [1.807, 2.05) is 6.07 Å². The molecule has 0 aliphatic heterocycles. The quantitative estimate of drug-likeness (QED) is 0.855. The molecule has 3 nitrogen and oxygen atoms in total. The van der Waals surface area contributed by atoms with Crippen LogP contribution in [0.3, 0.4) is 0 Å². The molecule has 1 unspecified atom stereocenters. The molecule has 19 heavy (non-hydrogen) atoms. The summed E-state index contributed by atoms with van der Waals surface area (Å²) in [7, 11) is 0. The first-order valence-electron chi connectivity index (χ1n) is 5.90. The summed E-state index contributed by atoms with van der Waals surface area (Å²) in [5.74, 6) is -0.349. The largest absolute Gasteiger partial charge is 0.418 e. The molecule has 0 aliphatic carbocycles. The van der Waals surface area contributed by atoms with Gasteiger partial charge in [-0.25, -0.2) is 0 Å². The summed E-state index contributed by atoms with van der Waals surface area (Å²) in [6.45, 7) is 4.06. The predicted molar refractivity (Wildman–Crippen MR) is 68.5 cm³/mol. The van der Waals surface area contributed by atoms with Gasteiger partial charge in [0.25, 0.3) is 0 Å². The third-order valence-corrected chi connectivity index (χ3v) is 2.76. The molecule has 0 radical (unpaired) electrons. The Morgan fingerprint density at radius 3 is 2.53 bits per heavy atom. The Morgan fingerprint density at radius 2 is 2.05 bits per heavy atom. The van der Waals surface area contributed by atoms with Crippen LogP contribution >= 0.6 is 0 Å². The van der Waals surface area contributed by atoms with Crippen LogP contribution in [-0.4, -0.2) is 13.1 Å². The zero-order valence-corrected chi connectivity index (χ0v) is 10.8. The Hall–Kier alpha value is -1.90. The highest BCUT2D eigenvalue weighted by atomic mass is 19.4. The van der Waals surface area contributed by atoms with Crippen molar-refractivity contribution >= 4 is 11.4 Å². The van der Waals surface area contributed by atoms with E-state index in [-0.39, 0.29) is 23.8 Å². The van der Waals surface area contributed by atoms with Crippen molar-refractivity contribution in [1.29, 1.82) is 5.26 Å². The molecule has 0 bridgehead atoms. The number of nitrogens with two attached hydrogens (primary N) is 1. The van der Waals surface area contributed by atoms with Gasteiger partial charge in [0.1, 0.15) is 0 Å². The van der Waals surface area contributed by atoms with Gasteiger partial charge in [-0.1, -0.05) is 0 Å². The highest BCUT2D eigenvalue weighted by molar-refractivity contribution is 5.61. The van der Waals surface area contributed by atoms with E-state index in [0.29, 0.717) is 6.54 Å². The zero-order valence-electron chi connectivity index (χ0n) is 10.8. The molecule has 1 rings (SSSR count). The van der Waals surface area contributed by atoms with E-state index < -0.39 is 11.7 Å². The van der Waals surface area contributed by atoms with E-state index in [1.54, 1.807) is 13.8 Å². The highest BCUT2D eigenvalue weighted by Gasteiger charge is 2.35. The van der Waals surface area contributed by atoms with Crippen LogP contribution in [0.5, 0.6) is 0 Å². The summed E-state index contributed by atoms with van der Waals surface area (Å²) in [4.78, 5) is 1.54. The molecule has 0 heterocycles. The van der Waals surface area contributed by atoms with Gasteiger partial charge >= 0.3 is 6.18 Å². The topological polar surface area (TPSA) is 53.0 Å². The lowest BCUT2D eigenvalue weighted by atomic mass is 10.1. The van der Waals surface area contributed by atoms with Gasteiger partial charge in [0.05, 0.1) is 17.6 Å². The maximum atomic E-state index is 13.0. The van der Waals surface area contributed by atoms with Gasteiger partial charge in [-0.05, 0) is 32.0 Å². The fraction of sp³-hybridized carbons (Fsp3) is 0.462. The molecule has 6 heteroatoms. The average molecular weight is 271 g/mol. The minimum absolute atomic E-state index is 0.0614. The van der Waals surface area contributed by atoms with Crippen molar-refractivity contribution in [2.24, 2.45) is 5.92 Å². The molecule has 1 aromatic rings. The number of hydrogen-bond acceptors (Lipinski definition) is 3. The summed E-state index contributed by atoms with van der Waals surface area (Å²) in [6, 6.07) is 5.73. The molecular weight excluding hydrogens is 255 g/mol. The minimum atomic E-state index is -4.46. The number of benzene rings is 1. The Balaban J connectivity index is 3.21. The van der Waals surface area contributed by atoms with Crippen molar-refractivity contribution in [2.75, 3.05) is 23.7 Å². The monoisotopic (exact) mass is 271 g/mol. The van der Waals surface area contributed by atoms with Crippen molar-refractivity contribution in [3.63, 3.8) is 0 Å². The second-order valence-corrected chi connectivity index (χ2v) is 4.34. The summed E-state index contributed by atoms with van der Waals surface area (Å²) >= 11 is 0. The number of rotatable bonds is 4. The fourth-order valence-electron chi connectivity index (χ4n) is 1.83. The third-order valence-electron chi connectivity index (χ3n) is 2.76. The second kappa shape index (κ2) is 5.83. The normalized spacial score (nSPS) is 12.8. The Bertz CT molecular complexity index is 477. The average Bonchev–Trinajstić information content (AvgIpc) is 2.34. The van der Waals surface area contributed by atoms with Gasteiger partial charge in [0.2, 0.25) is 0 Å². The Labute approximate surface area is 110 Å². The van der Waals surface area contributed by atoms with Gasteiger partial charge < -0.3 is 10.6 Å². The summed E-state index contributed by atoms with van der Waals surface area (Å²) < 4.78 is 39.0. The molecule has 0 saturated heterocycles. The molecule has 0 aromatic heterocycles. The standard InChI is InChI=1S/C13H16F3N3/c1-3-19(8-9(2)7-17)12-5-4-10(18)6-11(12)13(14,15)16/h4-6,9H,3,8,18H2,1-2H3. The number of alkyl halides is 3. The van der Waals surface area contributed by atoms with Gasteiger partial charge in [0.15, 0.2) is 0 Å². The maximum absolute atomic E-state index is 13.0. The van der Waals surface area contributed by atoms with Crippen LogP contribution in [0.1, 0.15) is 19.4 Å². The van der Waals surface area contributed by atoms with Crippen molar-refractivity contribution in [3.8, 4) is 6.07 Å². The van der Waals surface area contributed by atoms with Gasteiger partial charge in [-0.2, -0.15) is 18.4 Å². The van der Waals surface area contributed by atoms with Crippen molar-refractivity contribution in [3.05, 3.63) is 23.8 Å². The maximum Gasteiger partial charge on any atom is 0.418 e. The molecular formula is C13H16F3N3. The Kier molecular flexibility index (Phi) is 4.65. The van der Waals surface area contributed by atoms with Gasteiger partial charge in [0, 0.05) is 24.5 Å². The number of nitrogens with zero attached hydrogens (tertiary/aromatic N) is 2. The lowest BCUT2D eigenvalue weighted by molar-refractivity contribution is -0.137. The predicted octanol–water partition coefficient (Wildman–Crippen LogP) is 3.27. The molecule has 1 atom stereocenters. The first kappa shape index (κ1) is 15.2. The molecule has 0 aliphatic rings. The van der Waals surface area contributed by atoms with Crippen LogP contribution in [0.15, 0.2) is 18.2 Å².